The SMILES string of the molecule is CCCn1cnc2c1nc(N)n1nc(-c3cccc(F)c3)nc21. The van der Waals surface area contributed by atoms with Gasteiger partial charge in [-0.3, -0.25) is 0 Å². The van der Waals surface area contributed by atoms with E-state index in [0.29, 0.717) is 28.2 Å². The van der Waals surface area contributed by atoms with E-state index >= 15 is 0 Å². The molecule has 0 amide bonds. The number of nitrogens with two attached hydrogens (primary N) is 1. The first-order chi connectivity index (χ1) is 11.2. The second-order valence-corrected chi connectivity index (χ2v) is 5.26. The molecule has 0 saturated carbocycles. The Kier molecular flexibility index (Phi) is 2.97. The van der Waals surface area contributed by atoms with E-state index in [4.69, 9.17) is 5.73 Å². The van der Waals surface area contributed by atoms with Crippen molar-refractivity contribution in [3.8, 4) is 11.4 Å². The lowest BCUT2D eigenvalue weighted by atomic mass is 10.2. The fourth-order valence-corrected chi connectivity index (χ4v) is 2.59. The highest BCUT2D eigenvalue weighted by molar-refractivity contribution is 5.87. The molecule has 3 aromatic heterocycles. The zero-order chi connectivity index (χ0) is 16.0. The van der Waals surface area contributed by atoms with Crippen molar-refractivity contribution in [3.05, 3.63) is 36.4 Å². The molecule has 0 aliphatic carbocycles. The van der Waals surface area contributed by atoms with Gasteiger partial charge in [0, 0.05) is 12.1 Å². The molecule has 116 valence electrons. The molecule has 0 saturated heterocycles. The van der Waals surface area contributed by atoms with Crippen LogP contribution in [0.5, 0.6) is 0 Å². The number of nitrogen functional groups attached to an aromatic ring is 1. The van der Waals surface area contributed by atoms with Crippen molar-refractivity contribution in [2.45, 2.75) is 19.9 Å². The van der Waals surface area contributed by atoms with Gasteiger partial charge in [0.25, 0.3) is 0 Å². The zero-order valence-electron chi connectivity index (χ0n) is 12.4. The van der Waals surface area contributed by atoms with Gasteiger partial charge in [0.15, 0.2) is 22.6 Å². The molecule has 0 atom stereocenters. The van der Waals surface area contributed by atoms with Gasteiger partial charge in [-0.25, -0.2) is 14.4 Å². The molecule has 4 aromatic rings. The number of halogens is 1. The average molecular weight is 311 g/mol. The van der Waals surface area contributed by atoms with E-state index < -0.39 is 0 Å². The molecule has 7 nitrogen and oxygen atoms in total. The van der Waals surface area contributed by atoms with Gasteiger partial charge in [0.1, 0.15) is 5.82 Å². The maximum absolute atomic E-state index is 13.4. The number of imidazole rings is 1. The van der Waals surface area contributed by atoms with Gasteiger partial charge in [-0.05, 0) is 18.6 Å². The molecule has 3 heterocycles. The Morgan fingerprint density at radius 2 is 2.09 bits per heavy atom. The van der Waals surface area contributed by atoms with E-state index in [9.17, 15) is 4.39 Å². The van der Waals surface area contributed by atoms with E-state index in [1.54, 1.807) is 18.5 Å². The Morgan fingerprint density at radius 3 is 2.87 bits per heavy atom. The lowest BCUT2D eigenvalue weighted by Crippen LogP contribution is -2.05. The predicted octanol–water partition coefficient (Wildman–Crippen LogP) is 2.27. The van der Waals surface area contributed by atoms with Gasteiger partial charge in [-0.2, -0.15) is 9.50 Å². The van der Waals surface area contributed by atoms with Gasteiger partial charge in [0.05, 0.1) is 6.33 Å². The van der Waals surface area contributed by atoms with Crippen molar-refractivity contribution in [2.24, 2.45) is 0 Å². The van der Waals surface area contributed by atoms with Gasteiger partial charge < -0.3 is 10.3 Å². The number of aromatic nitrogens is 6. The van der Waals surface area contributed by atoms with Crippen LogP contribution in [0.3, 0.4) is 0 Å². The van der Waals surface area contributed by atoms with E-state index in [1.807, 2.05) is 4.57 Å². The van der Waals surface area contributed by atoms with Crippen LogP contribution in [0.25, 0.3) is 28.2 Å². The number of rotatable bonds is 3. The minimum Gasteiger partial charge on any atom is -0.368 e. The maximum atomic E-state index is 13.4. The summed E-state index contributed by atoms with van der Waals surface area (Å²) in [6, 6.07) is 6.11. The van der Waals surface area contributed by atoms with Crippen LogP contribution in [0.4, 0.5) is 10.3 Å². The Labute approximate surface area is 130 Å². The standard InChI is InChI=1S/C15H14FN7/c1-2-6-22-8-18-11-13(22)20-15(17)23-14(11)19-12(21-23)9-4-3-5-10(16)7-9/h3-5,7-8H,2,6H2,1H3,(H2,17,20). The van der Waals surface area contributed by atoms with Crippen LogP contribution >= 0.6 is 0 Å². The van der Waals surface area contributed by atoms with Gasteiger partial charge in [0.2, 0.25) is 5.95 Å². The summed E-state index contributed by atoms with van der Waals surface area (Å²) in [5, 5.41) is 4.33. The number of hydrogen-bond acceptors (Lipinski definition) is 5. The second-order valence-electron chi connectivity index (χ2n) is 5.26. The molecule has 0 unspecified atom stereocenters. The average Bonchev–Trinajstić information content (AvgIpc) is 3.13. The van der Waals surface area contributed by atoms with Crippen LogP contribution in [0.2, 0.25) is 0 Å². The number of hydrogen-bond donors (Lipinski definition) is 1. The Morgan fingerprint density at radius 1 is 1.22 bits per heavy atom. The molecular weight excluding hydrogens is 297 g/mol. The molecule has 4 rings (SSSR count). The molecule has 0 aliphatic rings. The first kappa shape index (κ1) is 13.6. The van der Waals surface area contributed by atoms with Crippen molar-refractivity contribution >= 4 is 22.8 Å². The molecule has 2 N–H and O–H groups in total. The van der Waals surface area contributed by atoms with Gasteiger partial charge in [-0.1, -0.05) is 19.1 Å². The Bertz CT molecular complexity index is 1020. The fourth-order valence-electron chi connectivity index (χ4n) is 2.59. The van der Waals surface area contributed by atoms with Crippen molar-refractivity contribution in [1.82, 2.24) is 29.1 Å². The highest BCUT2D eigenvalue weighted by Crippen LogP contribution is 2.23. The number of anilines is 1. The molecule has 0 radical (unpaired) electrons. The number of aryl methyl sites for hydroxylation is 1. The van der Waals surface area contributed by atoms with E-state index in [2.05, 4.69) is 27.0 Å². The van der Waals surface area contributed by atoms with Gasteiger partial charge in [-0.15, -0.1) is 5.10 Å². The highest BCUT2D eigenvalue weighted by Gasteiger charge is 2.16. The topological polar surface area (TPSA) is 86.9 Å². The number of nitrogens with zero attached hydrogens (tertiary/aromatic N) is 6. The Hall–Kier alpha value is -3.03. The van der Waals surface area contributed by atoms with E-state index in [1.165, 1.54) is 16.6 Å². The monoisotopic (exact) mass is 311 g/mol. The van der Waals surface area contributed by atoms with E-state index in [-0.39, 0.29) is 11.8 Å². The lowest BCUT2D eigenvalue weighted by Gasteiger charge is -2.02. The maximum Gasteiger partial charge on any atom is 0.225 e. The summed E-state index contributed by atoms with van der Waals surface area (Å²) in [6.07, 6.45) is 2.68. The largest absolute Gasteiger partial charge is 0.368 e. The second kappa shape index (κ2) is 5.01. The van der Waals surface area contributed by atoms with Crippen LogP contribution in [0.15, 0.2) is 30.6 Å². The lowest BCUT2D eigenvalue weighted by molar-refractivity contribution is 0.628. The summed E-state index contributed by atoms with van der Waals surface area (Å²) < 4.78 is 16.8. The summed E-state index contributed by atoms with van der Waals surface area (Å²) in [5.41, 5.74) is 8.40. The normalized spacial score (nSPS) is 11.6. The summed E-state index contributed by atoms with van der Waals surface area (Å²) >= 11 is 0. The molecule has 1 aromatic carbocycles. The van der Waals surface area contributed by atoms with Crippen molar-refractivity contribution in [2.75, 3.05) is 5.73 Å². The Balaban J connectivity index is 1.97. The molecule has 23 heavy (non-hydrogen) atoms. The minimum atomic E-state index is -0.343. The van der Waals surface area contributed by atoms with Crippen molar-refractivity contribution < 1.29 is 4.39 Å². The third-order valence-electron chi connectivity index (χ3n) is 3.61. The quantitative estimate of drug-likeness (QED) is 0.627. The first-order valence-electron chi connectivity index (χ1n) is 7.30. The zero-order valence-corrected chi connectivity index (χ0v) is 12.4. The van der Waals surface area contributed by atoms with E-state index in [0.717, 1.165) is 13.0 Å². The first-order valence-corrected chi connectivity index (χ1v) is 7.30. The smallest absolute Gasteiger partial charge is 0.225 e. The predicted molar refractivity (Wildman–Crippen MR) is 84.2 cm³/mol. The molecule has 0 bridgehead atoms. The fraction of sp³-hybridized carbons (Fsp3) is 0.200. The summed E-state index contributed by atoms with van der Waals surface area (Å²) in [5.74, 6) is 0.265. The third kappa shape index (κ3) is 2.10. The van der Waals surface area contributed by atoms with Crippen LogP contribution in [-0.4, -0.2) is 29.1 Å². The summed E-state index contributed by atoms with van der Waals surface area (Å²) in [6.45, 7) is 2.87. The van der Waals surface area contributed by atoms with Crippen LogP contribution in [-0.2, 0) is 6.54 Å². The van der Waals surface area contributed by atoms with Crippen molar-refractivity contribution in [3.63, 3.8) is 0 Å². The van der Waals surface area contributed by atoms with Crippen LogP contribution in [0.1, 0.15) is 13.3 Å². The minimum absolute atomic E-state index is 0.223. The summed E-state index contributed by atoms with van der Waals surface area (Å²) in [7, 11) is 0. The molecule has 8 heteroatoms. The van der Waals surface area contributed by atoms with Crippen LogP contribution < -0.4 is 5.73 Å². The summed E-state index contributed by atoms with van der Waals surface area (Å²) in [4.78, 5) is 13.2. The van der Waals surface area contributed by atoms with Crippen molar-refractivity contribution in [1.29, 1.82) is 0 Å². The molecule has 0 fully saturated rings. The molecule has 0 aliphatic heterocycles. The molecule has 0 spiro atoms. The van der Waals surface area contributed by atoms with Crippen LogP contribution in [0, 0.1) is 5.82 Å². The number of fused-ring (bicyclic) bond motifs is 3. The number of benzene rings is 1. The third-order valence-corrected chi connectivity index (χ3v) is 3.61. The van der Waals surface area contributed by atoms with Gasteiger partial charge >= 0.3 is 0 Å². The molecular formula is C15H14FN7. The highest BCUT2D eigenvalue weighted by atomic mass is 19.1.